The molecule has 138 valence electrons. The van der Waals surface area contributed by atoms with Crippen LogP contribution in [0.15, 0.2) is 24.3 Å². The van der Waals surface area contributed by atoms with E-state index in [1.165, 1.54) is 12.0 Å². The molecular formula is C20H31N3O2. The topological polar surface area (TPSA) is 70.2 Å². The second-order valence-corrected chi connectivity index (χ2v) is 7.85. The monoisotopic (exact) mass is 345 g/mol. The summed E-state index contributed by atoms with van der Waals surface area (Å²) < 4.78 is 0. The summed E-state index contributed by atoms with van der Waals surface area (Å²) in [5, 5.41) is 9.11. The number of hydrogen-bond donors (Lipinski definition) is 3. The second kappa shape index (κ2) is 8.99. The van der Waals surface area contributed by atoms with Gasteiger partial charge < -0.3 is 16.0 Å². The van der Waals surface area contributed by atoms with Gasteiger partial charge in [0.25, 0.3) is 5.91 Å². The van der Waals surface area contributed by atoms with Gasteiger partial charge in [-0.3, -0.25) is 9.59 Å². The molecule has 1 saturated heterocycles. The second-order valence-electron chi connectivity index (χ2n) is 7.85. The lowest BCUT2D eigenvalue weighted by molar-refractivity contribution is -0.121. The van der Waals surface area contributed by atoms with E-state index in [-0.39, 0.29) is 17.2 Å². The third kappa shape index (κ3) is 6.50. The summed E-state index contributed by atoms with van der Waals surface area (Å²) in [7, 11) is 0. The Morgan fingerprint density at radius 3 is 2.48 bits per heavy atom. The summed E-state index contributed by atoms with van der Waals surface area (Å²) in [5.74, 6) is 0.382. The minimum absolute atomic E-state index is 0.00560. The van der Waals surface area contributed by atoms with Gasteiger partial charge in [-0.15, -0.1) is 0 Å². The summed E-state index contributed by atoms with van der Waals surface area (Å²) in [5.41, 5.74) is 1.89. The highest BCUT2D eigenvalue weighted by molar-refractivity contribution is 5.94. The van der Waals surface area contributed by atoms with Crippen molar-refractivity contribution in [2.75, 3.05) is 26.2 Å². The van der Waals surface area contributed by atoms with Crippen molar-refractivity contribution < 1.29 is 9.59 Å². The molecule has 1 atom stereocenters. The zero-order chi connectivity index (χ0) is 18.3. The van der Waals surface area contributed by atoms with Crippen molar-refractivity contribution in [1.82, 2.24) is 16.0 Å². The van der Waals surface area contributed by atoms with Crippen molar-refractivity contribution in [1.29, 1.82) is 0 Å². The maximum Gasteiger partial charge on any atom is 0.251 e. The fourth-order valence-electron chi connectivity index (χ4n) is 2.96. The maximum absolute atomic E-state index is 12.1. The average molecular weight is 345 g/mol. The first-order chi connectivity index (χ1) is 11.9. The Morgan fingerprint density at radius 2 is 1.88 bits per heavy atom. The molecule has 3 N–H and O–H groups in total. The lowest BCUT2D eigenvalue weighted by Crippen LogP contribution is -2.39. The predicted octanol–water partition coefficient (Wildman–Crippen LogP) is 2.22. The fraction of sp³-hybridized carbons (Fsp3) is 0.600. The summed E-state index contributed by atoms with van der Waals surface area (Å²) in [6.07, 6.45) is 2.64. The molecule has 25 heavy (non-hydrogen) atoms. The molecule has 1 heterocycles. The normalized spacial score (nSPS) is 17.8. The predicted molar refractivity (Wildman–Crippen MR) is 101 cm³/mol. The third-order valence-corrected chi connectivity index (χ3v) is 4.64. The van der Waals surface area contributed by atoms with Crippen LogP contribution in [0.5, 0.6) is 0 Å². The van der Waals surface area contributed by atoms with Crippen molar-refractivity contribution in [2.45, 2.75) is 45.4 Å². The molecule has 0 saturated carbocycles. The molecule has 0 spiro atoms. The van der Waals surface area contributed by atoms with Crippen LogP contribution in [0, 0.1) is 5.92 Å². The summed E-state index contributed by atoms with van der Waals surface area (Å²) in [6.45, 7) is 9.55. The van der Waals surface area contributed by atoms with Gasteiger partial charge in [0.1, 0.15) is 0 Å². The van der Waals surface area contributed by atoms with Crippen LogP contribution < -0.4 is 16.0 Å². The number of rotatable bonds is 6. The molecule has 0 aliphatic carbocycles. The molecule has 0 bridgehead atoms. The summed E-state index contributed by atoms with van der Waals surface area (Å²) in [6, 6.07) is 7.65. The molecule has 5 nitrogen and oxygen atoms in total. The first-order valence-electron chi connectivity index (χ1n) is 9.22. The van der Waals surface area contributed by atoms with Crippen molar-refractivity contribution in [3.8, 4) is 0 Å². The minimum Gasteiger partial charge on any atom is -0.356 e. The number of hydrogen-bond acceptors (Lipinski definition) is 3. The van der Waals surface area contributed by atoms with Crippen molar-refractivity contribution in [2.24, 2.45) is 5.92 Å². The highest BCUT2D eigenvalue weighted by Crippen LogP contribution is 2.22. The zero-order valence-corrected chi connectivity index (χ0v) is 15.7. The Morgan fingerprint density at radius 1 is 1.16 bits per heavy atom. The van der Waals surface area contributed by atoms with Crippen molar-refractivity contribution in [3.63, 3.8) is 0 Å². The van der Waals surface area contributed by atoms with Gasteiger partial charge in [-0.2, -0.15) is 0 Å². The number of carbonyl (C=O) groups is 2. The molecule has 0 aromatic heterocycles. The van der Waals surface area contributed by atoms with Gasteiger partial charge in [0.15, 0.2) is 0 Å². The van der Waals surface area contributed by atoms with Gasteiger partial charge in [0.05, 0.1) is 0 Å². The molecule has 0 radical (unpaired) electrons. The van der Waals surface area contributed by atoms with Gasteiger partial charge >= 0.3 is 0 Å². The van der Waals surface area contributed by atoms with E-state index in [2.05, 4.69) is 36.7 Å². The lowest BCUT2D eigenvalue weighted by atomic mass is 9.87. The molecule has 1 fully saturated rings. The lowest BCUT2D eigenvalue weighted by Gasteiger charge is -2.22. The van der Waals surface area contributed by atoms with Gasteiger partial charge in [-0.05, 0) is 55.0 Å². The van der Waals surface area contributed by atoms with Crippen molar-refractivity contribution in [3.05, 3.63) is 35.4 Å². The van der Waals surface area contributed by atoms with Crippen LogP contribution in [0.4, 0.5) is 0 Å². The van der Waals surface area contributed by atoms with Crippen LogP contribution in [0.25, 0.3) is 0 Å². The zero-order valence-electron chi connectivity index (χ0n) is 15.7. The first kappa shape index (κ1) is 19.4. The van der Waals surface area contributed by atoms with Crippen LogP contribution in [0.3, 0.4) is 0 Å². The number of nitrogens with one attached hydrogen (secondary N) is 3. The molecule has 1 aromatic carbocycles. The Kier molecular flexibility index (Phi) is 7.00. The Hall–Kier alpha value is -1.88. The number of amides is 2. The third-order valence-electron chi connectivity index (χ3n) is 4.64. The quantitative estimate of drug-likeness (QED) is 0.740. The van der Waals surface area contributed by atoms with Crippen LogP contribution in [0.2, 0.25) is 0 Å². The molecule has 1 aliphatic rings. The minimum atomic E-state index is -0.135. The number of benzene rings is 1. The standard InChI is InChI=1S/C20H31N3O2/c1-20(2,3)17-8-6-16(7-9-17)19(25)22-12-10-18(24)23-14-15-5-4-11-21-13-15/h6-9,15,21H,4-5,10-14H2,1-3H3,(H,22,25)(H,23,24). The van der Waals surface area contributed by atoms with E-state index < -0.39 is 0 Å². The Balaban J connectivity index is 1.68. The largest absolute Gasteiger partial charge is 0.356 e. The van der Waals surface area contributed by atoms with Gasteiger partial charge in [-0.1, -0.05) is 32.9 Å². The highest BCUT2D eigenvalue weighted by atomic mass is 16.2. The molecule has 2 amide bonds. The van der Waals surface area contributed by atoms with Crippen LogP contribution >= 0.6 is 0 Å². The van der Waals surface area contributed by atoms with E-state index in [1.807, 2.05) is 24.3 Å². The molecule has 2 rings (SSSR count). The molecule has 5 heteroatoms. The van der Waals surface area contributed by atoms with Gasteiger partial charge in [0.2, 0.25) is 5.91 Å². The van der Waals surface area contributed by atoms with E-state index in [0.29, 0.717) is 31.0 Å². The summed E-state index contributed by atoms with van der Waals surface area (Å²) >= 11 is 0. The summed E-state index contributed by atoms with van der Waals surface area (Å²) in [4.78, 5) is 24.0. The van der Waals surface area contributed by atoms with E-state index in [9.17, 15) is 9.59 Å². The van der Waals surface area contributed by atoms with E-state index in [0.717, 1.165) is 19.5 Å². The smallest absolute Gasteiger partial charge is 0.251 e. The number of piperidine rings is 1. The van der Waals surface area contributed by atoms with E-state index >= 15 is 0 Å². The molecule has 1 aromatic rings. The van der Waals surface area contributed by atoms with E-state index in [4.69, 9.17) is 0 Å². The average Bonchev–Trinajstić information content (AvgIpc) is 2.60. The molecular weight excluding hydrogens is 314 g/mol. The number of carbonyl (C=O) groups excluding carboxylic acids is 2. The van der Waals surface area contributed by atoms with Crippen LogP contribution in [0.1, 0.15) is 56.0 Å². The highest BCUT2D eigenvalue weighted by Gasteiger charge is 2.15. The molecule has 1 unspecified atom stereocenters. The van der Waals surface area contributed by atoms with Crippen LogP contribution in [-0.2, 0) is 10.2 Å². The van der Waals surface area contributed by atoms with Crippen LogP contribution in [-0.4, -0.2) is 38.0 Å². The fourth-order valence-corrected chi connectivity index (χ4v) is 2.96. The molecule has 1 aliphatic heterocycles. The Labute approximate surface area is 151 Å². The van der Waals surface area contributed by atoms with Gasteiger partial charge in [-0.25, -0.2) is 0 Å². The first-order valence-corrected chi connectivity index (χ1v) is 9.22. The Bertz CT molecular complexity index is 570. The maximum atomic E-state index is 12.1. The van der Waals surface area contributed by atoms with E-state index in [1.54, 1.807) is 0 Å². The SMILES string of the molecule is CC(C)(C)c1ccc(C(=O)NCCC(=O)NCC2CCCNC2)cc1. The van der Waals surface area contributed by atoms with Crippen molar-refractivity contribution >= 4 is 11.8 Å². The van der Waals surface area contributed by atoms with Gasteiger partial charge in [0, 0.05) is 25.1 Å².